The minimum Gasteiger partial charge on any atom is -0.474 e. The molecule has 152 valence electrons. The van der Waals surface area contributed by atoms with Crippen molar-refractivity contribution in [2.24, 2.45) is 0 Å². The summed E-state index contributed by atoms with van der Waals surface area (Å²) in [6, 6.07) is 15.7. The summed E-state index contributed by atoms with van der Waals surface area (Å²) in [5.41, 5.74) is 0.609. The summed E-state index contributed by atoms with van der Waals surface area (Å²) >= 11 is 0. The molecule has 0 bridgehead atoms. The number of amides is 2. The number of nitrogens with one attached hydrogen (secondary N) is 1. The Morgan fingerprint density at radius 1 is 1.20 bits per heavy atom. The molecule has 2 aromatic carbocycles. The summed E-state index contributed by atoms with van der Waals surface area (Å²) in [6.07, 6.45) is -0.400. The fourth-order valence-electron chi connectivity index (χ4n) is 3.37. The van der Waals surface area contributed by atoms with Gasteiger partial charge in [-0.15, -0.1) is 0 Å². The van der Waals surface area contributed by atoms with E-state index in [4.69, 9.17) is 4.74 Å². The van der Waals surface area contributed by atoms with Gasteiger partial charge in [-0.25, -0.2) is 0 Å². The first-order valence-corrected chi connectivity index (χ1v) is 9.39. The lowest BCUT2D eigenvalue weighted by molar-refractivity contribution is -0.389. The second-order valence-electron chi connectivity index (χ2n) is 6.76. The molecule has 0 aliphatic carbocycles. The Morgan fingerprint density at radius 3 is 2.73 bits per heavy atom. The van der Waals surface area contributed by atoms with Crippen molar-refractivity contribution in [3.05, 3.63) is 64.7 Å². The molecule has 1 unspecified atom stereocenters. The lowest BCUT2D eigenvalue weighted by atomic mass is 10.1. The Hall–Kier alpha value is -4.01. The van der Waals surface area contributed by atoms with Gasteiger partial charge in [0.05, 0.1) is 0 Å². The third kappa shape index (κ3) is 3.52. The predicted octanol–water partition coefficient (Wildman–Crippen LogP) is 3.29. The van der Waals surface area contributed by atoms with Crippen LogP contribution in [0.3, 0.4) is 0 Å². The maximum Gasteiger partial charge on any atom is 0.366 e. The van der Waals surface area contributed by atoms with Gasteiger partial charge in [-0.1, -0.05) is 43.3 Å². The van der Waals surface area contributed by atoms with Gasteiger partial charge in [0.25, 0.3) is 11.7 Å². The van der Waals surface area contributed by atoms with Gasteiger partial charge in [-0.3, -0.25) is 14.5 Å². The van der Waals surface area contributed by atoms with E-state index in [0.717, 1.165) is 15.7 Å². The lowest BCUT2D eigenvalue weighted by Gasteiger charge is -2.30. The number of hydrogen-bond acceptors (Lipinski definition) is 6. The largest absolute Gasteiger partial charge is 0.474 e. The number of pyridine rings is 1. The third-order valence-electron chi connectivity index (χ3n) is 4.81. The highest BCUT2D eigenvalue weighted by molar-refractivity contribution is 6.08. The Bertz CT molecular complexity index is 1160. The molecule has 1 N–H and O–H groups in total. The highest BCUT2D eigenvalue weighted by Crippen LogP contribution is 2.34. The third-order valence-corrected chi connectivity index (χ3v) is 4.81. The van der Waals surface area contributed by atoms with Gasteiger partial charge in [0, 0.05) is 17.1 Å². The molecule has 0 spiro atoms. The van der Waals surface area contributed by atoms with Gasteiger partial charge in [0.15, 0.2) is 11.9 Å². The van der Waals surface area contributed by atoms with Gasteiger partial charge in [0.1, 0.15) is 6.54 Å². The molecule has 1 aliphatic heterocycles. The number of rotatable bonds is 5. The van der Waals surface area contributed by atoms with E-state index in [2.05, 4.69) is 10.3 Å². The Kier molecular flexibility index (Phi) is 5.01. The van der Waals surface area contributed by atoms with Crippen molar-refractivity contribution in [2.45, 2.75) is 19.4 Å². The van der Waals surface area contributed by atoms with E-state index in [0.29, 0.717) is 12.1 Å². The average molecular weight is 406 g/mol. The molecular formula is C21H18N4O5. The number of carbonyl (C=O) groups is 2. The Labute approximate surface area is 171 Å². The molecule has 0 fully saturated rings. The van der Waals surface area contributed by atoms with Crippen molar-refractivity contribution < 1.29 is 19.2 Å². The van der Waals surface area contributed by atoms with Crippen LogP contribution in [0.2, 0.25) is 0 Å². The molecule has 9 heteroatoms. The summed E-state index contributed by atoms with van der Waals surface area (Å²) in [5, 5.41) is 15.7. The molecule has 9 nitrogen and oxygen atoms in total. The second kappa shape index (κ2) is 7.78. The number of hydrogen-bond donors (Lipinski definition) is 1. The maximum absolute atomic E-state index is 12.8. The number of ether oxygens (including phenoxy) is 1. The number of nitro groups is 1. The van der Waals surface area contributed by atoms with Crippen molar-refractivity contribution in [3.63, 3.8) is 0 Å². The fraction of sp³-hybridized carbons (Fsp3) is 0.190. The Morgan fingerprint density at radius 2 is 1.97 bits per heavy atom. The van der Waals surface area contributed by atoms with Gasteiger partial charge in [-0.05, 0) is 33.8 Å². The normalized spacial score (nSPS) is 15.4. The molecule has 2 heterocycles. The maximum atomic E-state index is 12.8. The SMILES string of the molecule is CCC1Oc2ccc([N+](=O)[O-])nc2N(CC(=O)Nc2cccc3ccccc23)C1=O. The van der Waals surface area contributed by atoms with Gasteiger partial charge >= 0.3 is 5.82 Å². The van der Waals surface area contributed by atoms with Crippen molar-refractivity contribution >= 4 is 39.9 Å². The van der Waals surface area contributed by atoms with E-state index in [1.807, 2.05) is 36.4 Å². The van der Waals surface area contributed by atoms with Crippen LogP contribution in [0, 0.1) is 10.1 Å². The standard InChI is InChI=1S/C21H18N4O5/c1-2-16-21(27)24(20-17(30-16)10-11-18(23-20)25(28)29)12-19(26)22-15-9-5-7-13-6-3-4-8-14(13)15/h3-11,16H,2,12H2,1H3,(H,22,26). The van der Waals surface area contributed by atoms with E-state index < -0.39 is 28.7 Å². The first-order valence-electron chi connectivity index (χ1n) is 9.39. The van der Waals surface area contributed by atoms with E-state index in [1.165, 1.54) is 12.1 Å². The van der Waals surface area contributed by atoms with Gasteiger partial charge in [-0.2, -0.15) is 0 Å². The van der Waals surface area contributed by atoms with Crippen LogP contribution in [-0.4, -0.2) is 34.4 Å². The zero-order chi connectivity index (χ0) is 21.3. The zero-order valence-corrected chi connectivity index (χ0v) is 16.1. The number of aromatic nitrogens is 1. The molecule has 1 aromatic heterocycles. The van der Waals surface area contributed by atoms with E-state index >= 15 is 0 Å². The number of benzene rings is 2. The first-order chi connectivity index (χ1) is 14.5. The summed E-state index contributed by atoms with van der Waals surface area (Å²) in [7, 11) is 0. The minimum atomic E-state index is -0.786. The zero-order valence-electron chi connectivity index (χ0n) is 16.1. The minimum absolute atomic E-state index is 0.0352. The topological polar surface area (TPSA) is 115 Å². The molecule has 30 heavy (non-hydrogen) atoms. The first kappa shape index (κ1) is 19.3. The Balaban J connectivity index is 1.64. The molecule has 2 amide bonds. The molecule has 4 rings (SSSR count). The molecular weight excluding hydrogens is 388 g/mol. The molecule has 0 radical (unpaired) electrons. The summed E-state index contributed by atoms with van der Waals surface area (Å²) < 4.78 is 5.61. The van der Waals surface area contributed by atoms with Crippen LogP contribution in [0.15, 0.2) is 54.6 Å². The van der Waals surface area contributed by atoms with Crippen molar-refractivity contribution in [1.82, 2.24) is 4.98 Å². The second-order valence-corrected chi connectivity index (χ2v) is 6.76. The smallest absolute Gasteiger partial charge is 0.366 e. The van der Waals surface area contributed by atoms with Crippen molar-refractivity contribution in [2.75, 3.05) is 16.8 Å². The van der Waals surface area contributed by atoms with Gasteiger partial charge in [0.2, 0.25) is 5.91 Å². The molecule has 0 saturated heterocycles. The summed E-state index contributed by atoms with van der Waals surface area (Å²) in [6.45, 7) is 1.43. The van der Waals surface area contributed by atoms with Gasteiger partial charge < -0.3 is 20.2 Å². The summed E-state index contributed by atoms with van der Waals surface area (Å²) in [4.78, 5) is 41.1. The molecule has 1 atom stereocenters. The highest BCUT2D eigenvalue weighted by atomic mass is 16.6. The van der Waals surface area contributed by atoms with E-state index in [-0.39, 0.29) is 18.1 Å². The van der Waals surface area contributed by atoms with Crippen LogP contribution >= 0.6 is 0 Å². The monoisotopic (exact) mass is 406 g/mol. The number of carbonyl (C=O) groups excluding carboxylic acids is 2. The van der Waals surface area contributed by atoms with Crippen LogP contribution < -0.4 is 15.0 Å². The van der Waals surface area contributed by atoms with Crippen molar-refractivity contribution in [3.8, 4) is 5.75 Å². The number of fused-ring (bicyclic) bond motifs is 2. The van der Waals surface area contributed by atoms with Crippen LogP contribution in [-0.2, 0) is 9.59 Å². The van der Waals surface area contributed by atoms with Crippen LogP contribution in [0.5, 0.6) is 5.75 Å². The number of anilines is 2. The van der Waals surface area contributed by atoms with E-state index in [1.54, 1.807) is 13.0 Å². The quantitative estimate of drug-likeness (QED) is 0.514. The molecule has 0 saturated carbocycles. The summed E-state index contributed by atoms with van der Waals surface area (Å²) in [5.74, 6) is -1.15. The van der Waals surface area contributed by atoms with Crippen LogP contribution in [0.1, 0.15) is 13.3 Å². The average Bonchev–Trinajstić information content (AvgIpc) is 2.75. The molecule has 1 aliphatic rings. The lowest BCUT2D eigenvalue weighted by Crippen LogP contribution is -2.49. The predicted molar refractivity (Wildman–Crippen MR) is 111 cm³/mol. The van der Waals surface area contributed by atoms with Crippen LogP contribution in [0.4, 0.5) is 17.3 Å². The fourth-order valence-corrected chi connectivity index (χ4v) is 3.37. The van der Waals surface area contributed by atoms with Crippen molar-refractivity contribution in [1.29, 1.82) is 0 Å². The van der Waals surface area contributed by atoms with Crippen LogP contribution in [0.25, 0.3) is 10.8 Å². The molecule has 3 aromatic rings. The number of nitrogens with zero attached hydrogens (tertiary/aromatic N) is 3. The van der Waals surface area contributed by atoms with E-state index in [9.17, 15) is 19.7 Å². The highest BCUT2D eigenvalue weighted by Gasteiger charge is 2.39.